The van der Waals surface area contributed by atoms with E-state index in [1.54, 1.807) is 24.3 Å². The Balaban J connectivity index is 0.620. The molecule has 0 bridgehead atoms. The van der Waals surface area contributed by atoms with E-state index in [-0.39, 0.29) is 70.6 Å². The Hall–Kier alpha value is -11.7. The van der Waals surface area contributed by atoms with Crippen LogP contribution in [0.5, 0.6) is 11.5 Å². The van der Waals surface area contributed by atoms with E-state index in [1.807, 2.05) is 79.7 Å². The molecule has 21 rings (SSSR count). The zero-order chi connectivity index (χ0) is 67.8. The minimum Gasteiger partial charge on any atom is -0.508 e. The number of imide groups is 2. The highest BCUT2D eigenvalue weighted by Gasteiger charge is 2.48. The summed E-state index contributed by atoms with van der Waals surface area (Å²) in [5.74, 6) is -1.18. The molecule has 0 saturated carbocycles. The average Bonchev–Trinajstić information content (AvgIpc) is 1.20. The molecular weight excluding hydrogens is 1230 g/mol. The number of anilines is 2. The lowest BCUT2D eigenvalue weighted by Crippen LogP contribution is -2.42. The van der Waals surface area contributed by atoms with Gasteiger partial charge in [-0.15, -0.1) is 0 Å². The highest BCUT2D eigenvalue weighted by Crippen LogP contribution is 2.64. The van der Waals surface area contributed by atoms with Crippen LogP contribution in [0, 0.1) is 11.8 Å². The van der Waals surface area contributed by atoms with Gasteiger partial charge in [-0.25, -0.2) is 9.80 Å². The van der Waals surface area contributed by atoms with Crippen molar-refractivity contribution in [3.63, 3.8) is 0 Å². The average molecular weight is 1290 g/mol. The number of phenols is 2. The standard InChI is InChI=1S/C92H64N2O6/c1-41(2)71-37-53(95)38-72(42(3)4)87(71)93-89(97)67-25-21-59-55-13-17-63-75-33-49-29-45-9-11-47-31-51-35-77-65-19-15-57-61-23-27-69-86-70(92(100)94(91(69)99)88-73(43(5)6)39-54(96)40-74(88)44(7)8)28-24-62(82(61)86)58-16-20-66(84(65)80(57)58)78(77)36-52(51)32-48(47)12-10-46(45)30-50(49)34-76(75)64-18-14-56(79(55)83(63)64)60-22-26-68(90(93)98)85(67)81(59)60/h9-44,79,83,95-96H,1-8H3. The lowest BCUT2D eigenvalue weighted by Gasteiger charge is -2.41. The molecule has 100 heavy (non-hydrogen) atoms. The van der Waals surface area contributed by atoms with Crippen molar-refractivity contribution in [2.45, 2.75) is 79.1 Å². The van der Waals surface area contributed by atoms with E-state index >= 15 is 19.2 Å². The SMILES string of the molecule is CC(C)c1cc(O)cc(C(C)C)c1N1C(=O)c2ccc3c4c(ccc(c24)C1=O)C1=CC=C2c4cc5cc6c(cc5cc4C4=CC=C3C1C42)C=Cc1cc2cc3c(cc2cc1C=C6)-c1ccc2c4ccc5c6c(ccc(c7ccc-3c1c72)c64)C(=O)N(c1c(C(C)C)cc(O)cc1C(C)C)C5=O. The number of amides is 4. The summed E-state index contributed by atoms with van der Waals surface area (Å²) < 4.78 is 0. The van der Waals surface area contributed by atoms with Gasteiger partial charge in [-0.2, -0.15) is 0 Å². The second-order valence-corrected chi connectivity index (χ2v) is 30.2. The molecule has 2 aliphatic heterocycles. The van der Waals surface area contributed by atoms with Crippen molar-refractivity contribution in [2.75, 3.05) is 9.80 Å². The lowest BCUT2D eigenvalue weighted by molar-refractivity contribution is 0.0877. The monoisotopic (exact) mass is 1290 g/mol. The van der Waals surface area contributed by atoms with Crippen molar-refractivity contribution in [2.24, 2.45) is 11.8 Å². The molecule has 0 spiro atoms. The highest BCUT2D eigenvalue weighted by molar-refractivity contribution is 6.44. The summed E-state index contributed by atoms with van der Waals surface area (Å²) in [5, 5.41) is 36.3. The number of hydrogen-bond acceptors (Lipinski definition) is 6. The number of benzene rings is 13. The summed E-state index contributed by atoms with van der Waals surface area (Å²) in [6.45, 7) is 16.2. The summed E-state index contributed by atoms with van der Waals surface area (Å²) >= 11 is 0. The first-order chi connectivity index (χ1) is 48.4. The van der Waals surface area contributed by atoms with Crippen molar-refractivity contribution in [1.29, 1.82) is 0 Å². The van der Waals surface area contributed by atoms with Gasteiger partial charge in [0.1, 0.15) is 11.5 Å². The fraction of sp³-hybridized carbons (Fsp3) is 0.152. The Labute approximate surface area is 576 Å². The fourth-order valence-corrected chi connectivity index (χ4v) is 19.2. The van der Waals surface area contributed by atoms with Crippen molar-refractivity contribution in [3.05, 3.63) is 259 Å². The predicted octanol–water partition coefficient (Wildman–Crippen LogP) is 22.5. The van der Waals surface area contributed by atoms with Gasteiger partial charge >= 0.3 is 0 Å². The Bertz CT molecular complexity index is 6110. The number of rotatable bonds is 6. The van der Waals surface area contributed by atoms with Gasteiger partial charge in [-0.1, -0.05) is 153 Å². The number of fused-ring (bicyclic) bond motifs is 14. The number of carbonyl (C=O) groups excluding carboxylic acids is 4. The molecule has 13 aromatic rings. The van der Waals surface area contributed by atoms with Gasteiger partial charge in [0.25, 0.3) is 23.6 Å². The van der Waals surface area contributed by atoms with E-state index < -0.39 is 0 Å². The van der Waals surface area contributed by atoms with Crippen molar-refractivity contribution in [1.82, 2.24) is 0 Å². The summed E-state index contributed by atoms with van der Waals surface area (Å²) in [4.78, 5) is 62.8. The zero-order valence-corrected chi connectivity index (χ0v) is 56.4. The van der Waals surface area contributed by atoms with Crippen LogP contribution in [0.15, 0.2) is 170 Å². The lowest BCUT2D eigenvalue weighted by atomic mass is 9.62. The van der Waals surface area contributed by atoms with Crippen molar-refractivity contribution in [3.8, 4) is 33.8 Å². The molecule has 8 heteroatoms. The van der Waals surface area contributed by atoms with Crippen LogP contribution in [0.3, 0.4) is 0 Å². The van der Waals surface area contributed by atoms with E-state index in [0.29, 0.717) is 39.0 Å². The maximum atomic E-state index is 15.0. The Morgan fingerprint density at radius 3 is 0.850 bits per heavy atom. The molecular formula is C92H64N2O6. The smallest absolute Gasteiger partial charge is 0.266 e. The zero-order valence-electron chi connectivity index (χ0n) is 56.4. The first-order valence-corrected chi connectivity index (χ1v) is 35.2. The molecule has 8 nitrogen and oxygen atoms in total. The quantitative estimate of drug-likeness (QED) is 0.0974. The number of hydrogen-bond donors (Lipinski definition) is 2. The molecule has 4 amide bonds. The van der Waals surface area contributed by atoms with Crippen molar-refractivity contribution >= 4 is 157 Å². The number of phenolic OH excluding ortho intramolecular Hbond substituents is 2. The van der Waals surface area contributed by atoms with Crippen LogP contribution in [-0.4, -0.2) is 33.8 Å². The fourth-order valence-electron chi connectivity index (χ4n) is 19.2. The van der Waals surface area contributed by atoms with E-state index in [1.165, 1.54) is 97.8 Å². The molecule has 0 aromatic heterocycles. The third-order valence-corrected chi connectivity index (χ3v) is 23.7. The summed E-state index contributed by atoms with van der Waals surface area (Å²) in [5.41, 5.74) is 25.3. The number of allylic oxidation sites excluding steroid dienone is 8. The van der Waals surface area contributed by atoms with Crippen LogP contribution in [-0.2, 0) is 0 Å². The minimum atomic E-state index is -0.351. The van der Waals surface area contributed by atoms with Gasteiger partial charge in [0, 0.05) is 44.9 Å². The second kappa shape index (κ2) is 19.5. The Kier molecular flexibility index (Phi) is 11.2. The maximum Gasteiger partial charge on any atom is 0.266 e. The van der Waals surface area contributed by atoms with Gasteiger partial charge in [-0.05, 0) is 297 Å². The molecule has 0 atom stereocenters. The molecule has 0 saturated heterocycles. The summed E-state index contributed by atoms with van der Waals surface area (Å²) in [6, 6.07) is 50.9. The minimum absolute atomic E-state index is 0.0497. The number of carbonyl (C=O) groups is 4. The van der Waals surface area contributed by atoms with E-state index in [9.17, 15) is 10.2 Å². The van der Waals surface area contributed by atoms with Gasteiger partial charge < -0.3 is 10.2 Å². The second-order valence-electron chi connectivity index (χ2n) is 30.2. The Morgan fingerprint density at radius 1 is 0.280 bits per heavy atom. The van der Waals surface area contributed by atoms with Crippen LogP contribution >= 0.6 is 0 Å². The van der Waals surface area contributed by atoms with Crippen LogP contribution < -0.4 is 9.80 Å². The summed E-state index contributed by atoms with van der Waals surface area (Å²) in [6.07, 6.45) is 18.3. The van der Waals surface area contributed by atoms with Crippen LogP contribution in [0.1, 0.15) is 187 Å². The van der Waals surface area contributed by atoms with Crippen molar-refractivity contribution < 1.29 is 29.4 Å². The van der Waals surface area contributed by atoms with E-state index in [4.69, 9.17) is 0 Å². The predicted molar refractivity (Wildman–Crippen MR) is 409 cm³/mol. The molecule has 8 aliphatic rings. The normalized spacial score (nSPS) is 17.2. The van der Waals surface area contributed by atoms with Gasteiger partial charge in [-0.3, -0.25) is 19.2 Å². The molecule has 0 unspecified atom stereocenters. The van der Waals surface area contributed by atoms with Crippen LogP contribution in [0.2, 0.25) is 0 Å². The Morgan fingerprint density at radius 2 is 0.530 bits per heavy atom. The topological polar surface area (TPSA) is 115 Å². The molecule has 2 heterocycles. The van der Waals surface area contributed by atoms with Gasteiger partial charge in [0.2, 0.25) is 0 Å². The van der Waals surface area contributed by atoms with Gasteiger partial charge in [0.05, 0.1) is 11.4 Å². The molecule has 2 N–H and O–H groups in total. The number of aromatic hydroxyl groups is 2. The van der Waals surface area contributed by atoms with Crippen LogP contribution in [0.25, 0.3) is 144 Å². The molecule has 478 valence electrons. The molecule has 0 radical (unpaired) electrons. The first kappa shape index (κ1) is 57.3. The first-order valence-electron chi connectivity index (χ1n) is 35.2. The highest BCUT2D eigenvalue weighted by atomic mass is 16.3. The molecule has 13 aromatic carbocycles. The third kappa shape index (κ3) is 7.24. The van der Waals surface area contributed by atoms with Crippen LogP contribution in [0.4, 0.5) is 11.4 Å². The molecule has 0 fully saturated rings. The largest absolute Gasteiger partial charge is 0.508 e. The number of nitrogens with zero attached hydrogens (tertiary/aromatic N) is 2. The maximum absolute atomic E-state index is 15.0. The van der Waals surface area contributed by atoms with E-state index in [0.717, 1.165) is 93.3 Å². The third-order valence-electron chi connectivity index (χ3n) is 23.7. The van der Waals surface area contributed by atoms with Gasteiger partial charge in [0.15, 0.2) is 0 Å². The molecule has 6 aliphatic carbocycles. The summed E-state index contributed by atoms with van der Waals surface area (Å²) in [7, 11) is 0. The van der Waals surface area contributed by atoms with E-state index in [2.05, 4.69) is 146 Å².